The molecule has 14 heavy (non-hydrogen) atoms. The van der Waals surface area contributed by atoms with Crippen molar-refractivity contribution in [1.82, 2.24) is 4.90 Å². The third kappa shape index (κ3) is 1.90. The number of nitrogens with zero attached hydrogens (tertiary/aromatic N) is 2. The van der Waals surface area contributed by atoms with Gasteiger partial charge in [-0.2, -0.15) is 0 Å². The Labute approximate surface area is 87.7 Å². The van der Waals surface area contributed by atoms with Gasteiger partial charge in [0.25, 0.3) is 0 Å². The molecule has 0 saturated heterocycles. The van der Waals surface area contributed by atoms with Crippen LogP contribution in [0, 0.1) is 0 Å². The SMILES string of the molecule is Oc1ccc(CN2CC=NC2=S)cc1. The van der Waals surface area contributed by atoms with Gasteiger partial charge in [-0.05, 0) is 29.9 Å². The number of phenolic OH excluding ortho intramolecular Hbond substituents is 1. The Hall–Kier alpha value is -1.42. The van der Waals surface area contributed by atoms with Crippen LogP contribution in [0.15, 0.2) is 29.3 Å². The van der Waals surface area contributed by atoms with E-state index in [0.29, 0.717) is 5.11 Å². The standard InChI is InChI=1S/C10H10N2OS/c13-9-3-1-8(2-4-9)7-12-6-5-11-10(12)14/h1-5,13H,6-7H2. The van der Waals surface area contributed by atoms with Crippen LogP contribution in [0.1, 0.15) is 5.56 Å². The minimum Gasteiger partial charge on any atom is -0.508 e. The maximum Gasteiger partial charge on any atom is 0.195 e. The predicted octanol–water partition coefficient (Wildman–Crippen LogP) is 1.56. The molecule has 1 N–H and O–H groups in total. The van der Waals surface area contributed by atoms with E-state index in [9.17, 15) is 0 Å². The van der Waals surface area contributed by atoms with Crippen molar-refractivity contribution >= 4 is 23.5 Å². The molecule has 0 fully saturated rings. The van der Waals surface area contributed by atoms with Gasteiger partial charge in [0.05, 0.1) is 6.54 Å². The minimum atomic E-state index is 0.286. The van der Waals surface area contributed by atoms with Gasteiger partial charge in [-0.1, -0.05) is 12.1 Å². The second kappa shape index (κ2) is 3.75. The van der Waals surface area contributed by atoms with E-state index in [4.69, 9.17) is 17.3 Å². The summed E-state index contributed by atoms with van der Waals surface area (Å²) in [5.41, 5.74) is 1.12. The number of hydrogen-bond donors (Lipinski definition) is 1. The number of aromatic hydroxyl groups is 1. The molecule has 1 heterocycles. The lowest BCUT2D eigenvalue weighted by Crippen LogP contribution is -2.23. The molecule has 0 aliphatic carbocycles. The lowest BCUT2D eigenvalue weighted by Gasteiger charge is -2.15. The Morgan fingerprint density at radius 1 is 1.36 bits per heavy atom. The van der Waals surface area contributed by atoms with Crippen molar-refractivity contribution in [2.75, 3.05) is 6.54 Å². The summed E-state index contributed by atoms with van der Waals surface area (Å²) < 4.78 is 0. The second-order valence-corrected chi connectivity index (χ2v) is 3.51. The molecule has 1 aliphatic heterocycles. The van der Waals surface area contributed by atoms with Gasteiger partial charge >= 0.3 is 0 Å². The van der Waals surface area contributed by atoms with Crippen molar-refractivity contribution in [3.63, 3.8) is 0 Å². The van der Waals surface area contributed by atoms with Crippen molar-refractivity contribution in [3.8, 4) is 5.75 Å². The quantitative estimate of drug-likeness (QED) is 0.746. The van der Waals surface area contributed by atoms with Crippen LogP contribution in [-0.2, 0) is 6.54 Å². The van der Waals surface area contributed by atoms with Gasteiger partial charge in [0.2, 0.25) is 0 Å². The fraction of sp³-hybridized carbons (Fsp3) is 0.200. The maximum atomic E-state index is 9.11. The maximum absolute atomic E-state index is 9.11. The largest absolute Gasteiger partial charge is 0.508 e. The molecule has 0 spiro atoms. The van der Waals surface area contributed by atoms with Crippen molar-refractivity contribution in [2.45, 2.75) is 6.54 Å². The van der Waals surface area contributed by atoms with Gasteiger partial charge in [0, 0.05) is 12.8 Å². The van der Waals surface area contributed by atoms with Crippen LogP contribution in [0.3, 0.4) is 0 Å². The van der Waals surface area contributed by atoms with E-state index in [1.165, 1.54) is 0 Å². The Morgan fingerprint density at radius 2 is 2.07 bits per heavy atom. The summed E-state index contributed by atoms with van der Waals surface area (Å²) >= 11 is 5.04. The third-order valence-corrected chi connectivity index (χ3v) is 2.45. The number of benzene rings is 1. The summed E-state index contributed by atoms with van der Waals surface area (Å²) in [6, 6.07) is 7.12. The number of rotatable bonds is 2. The Bertz CT molecular complexity index is 372. The first-order chi connectivity index (χ1) is 6.75. The van der Waals surface area contributed by atoms with E-state index in [0.717, 1.165) is 18.7 Å². The molecule has 3 nitrogen and oxygen atoms in total. The molecule has 1 aliphatic rings. The average molecular weight is 206 g/mol. The number of aliphatic imine (C=N–C) groups is 1. The zero-order chi connectivity index (χ0) is 9.97. The summed E-state index contributed by atoms with van der Waals surface area (Å²) in [4.78, 5) is 6.02. The second-order valence-electron chi connectivity index (χ2n) is 3.14. The molecule has 0 unspecified atom stereocenters. The molecule has 0 amide bonds. The molecular weight excluding hydrogens is 196 g/mol. The summed E-state index contributed by atoms with van der Waals surface area (Å²) in [5.74, 6) is 0.286. The highest BCUT2D eigenvalue weighted by atomic mass is 32.1. The first-order valence-electron chi connectivity index (χ1n) is 4.35. The van der Waals surface area contributed by atoms with Crippen molar-refractivity contribution in [2.24, 2.45) is 4.99 Å². The number of phenols is 1. The Morgan fingerprint density at radius 3 is 2.64 bits per heavy atom. The van der Waals surface area contributed by atoms with Crippen LogP contribution >= 0.6 is 12.2 Å². The minimum absolute atomic E-state index is 0.286. The number of thiocarbonyl (C=S) groups is 1. The highest BCUT2D eigenvalue weighted by Gasteiger charge is 2.12. The first-order valence-corrected chi connectivity index (χ1v) is 4.76. The monoisotopic (exact) mass is 206 g/mol. The van der Waals surface area contributed by atoms with Crippen molar-refractivity contribution < 1.29 is 5.11 Å². The van der Waals surface area contributed by atoms with Crippen LogP contribution in [0.4, 0.5) is 0 Å². The van der Waals surface area contributed by atoms with Crippen LogP contribution in [0.25, 0.3) is 0 Å². The van der Waals surface area contributed by atoms with E-state index in [1.807, 2.05) is 23.2 Å². The summed E-state index contributed by atoms with van der Waals surface area (Å²) in [6.45, 7) is 1.53. The van der Waals surface area contributed by atoms with Crippen LogP contribution < -0.4 is 0 Å². The lowest BCUT2D eigenvalue weighted by atomic mass is 10.2. The van der Waals surface area contributed by atoms with E-state index >= 15 is 0 Å². The summed E-state index contributed by atoms with van der Waals surface area (Å²) in [5, 5.41) is 9.74. The van der Waals surface area contributed by atoms with Gasteiger partial charge in [0.1, 0.15) is 5.75 Å². The smallest absolute Gasteiger partial charge is 0.195 e. The molecule has 0 radical (unpaired) electrons. The molecule has 4 heteroatoms. The van der Waals surface area contributed by atoms with E-state index < -0.39 is 0 Å². The van der Waals surface area contributed by atoms with Crippen LogP contribution in [0.5, 0.6) is 5.75 Å². The van der Waals surface area contributed by atoms with Gasteiger partial charge in [-0.15, -0.1) is 0 Å². The molecular formula is C10H10N2OS. The van der Waals surface area contributed by atoms with Crippen molar-refractivity contribution in [3.05, 3.63) is 29.8 Å². The Balaban J connectivity index is 2.04. The zero-order valence-corrected chi connectivity index (χ0v) is 8.37. The molecule has 0 saturated carbocycles. The first kappa shape index (κ1) is 9.15. The lowest BCUT2D eigenvalue weighted by molar-refractivity contribution is 0.471. The number of hydrogen-bond acceptors (Lipinski definition) is 2. The molecule has 1 aromatic carbocycles. The average Bonchev–Trinajstić information content (AvgIpc) is 2.56. The highest BCUT2D eigenvalue weighted by molar-refractivity contribution is 7.80. The third-order valence-electron chi connectivity index (χ3n) is 2.08. The van der Waals surface area contributed by atoms with E-state index in [1.54, 1.807) is 12.1 Å². The molecule has 72 valence electrons. The molecule has 0 bridgehead atoms. The van der Waals surface area contributed by atoms with Crippen molar-refractivity contribution in [1.29, 1.82) is 0 Å². The topological polar surface area (TPSA) is 35.8 Å². The van der Waals surface area contributed by atoms with E-state index in [2.05, 4.69) is 4.99 Å². The molecule has 1 aromatic rings. The molecule has 2 rings (SSSR count). The fourth-order valence-corrected chi connectivity index (χ4v) is 1.54. The van der Waals surface area contributed by atoms with Crippen LogP contribution in [0.2, 0.25) is 0 Å². The molecule has 0 aromatic heterocycles. The highest BCUT2D eigenvalue weighted by Crippen LogP contribution is 2.13. The van der Waals surface area contributed by atoms with Gasteiger partial charge in [0.15, 0.2) is 5.11 Å². The summed E-state index contributed by atoms with van der Waals surface area (Å²) in [6.07, 6.45) is 1.81. The summed E-state index contributed by atoms with van der Waals surface area (Å²) in [7, 11) is 0. The fourth-order valence-electron chi connectivity index (χ4n) is 1.33. The van der Waals surface area contributed by atoms with E-state index in [-0.39, 0.29) is 5.75 Å². The van der Waals surface area contributed by atoms with Gasteiger partial charge < -0.3 is 10.0 Å². The normalized spacial score (nSPS) is 15.1. The zero-order valence-electron chi connectivity index (χ0n) is 7.55. The Kier molecular flexibility index (Phi) is 2.45. The predicted molar refractivity (Wildman–Crippen MR) is 59.6 cm³/mol. The van der Waals surface area contributed by atoms with Gasteiger partial charge in [-0.3, -0.25) is 0 Å². The van der Waals surface area contributed by atoms with Gasteiger partial charge in [-0.25, -0.2) is 4.99 Å². The molecule has 0 atom stereocenters. The van der Waals surface area contributed by atoms with Crippen LogP contribution in [-0.4, -0.2) is 27.9 Å².